The second-order valence-corrected chi connectivity index (χ2v) is 5.22. The molecule has 2 rings (SSSR count). The van der Waals surface area contributed by atoms with Crippen LogP contribution in [-0.4, -0.2) is 29.0 Å². The van der Waals surface area contributed by atoms with Crippen molar-refractivity contribution in [2.45, 2.75) is 19.9 Å². The highest BCUT2D eigenvalue weighted by Crippen LogP contribution is 2.12. The van der Waals surface area contributed by atoms with Crippen LogP contribution in [0.4, 0.5) is 10.5 Å². The van der Waals surface area contributed by atoms with Gasteiger partial charge in [-0.2, -0.15) is 0 Å². The summed E-state index contributed by atoms with van der Waals surface area (Å²) in [5.41, 5.74) is 8.48. The molecule has 0 radical (unpaired) electrons. The number of nitrogens with zero attached hydrogens (tertiary/aromatic N) is 2. The Morgan fingerprint density at radius 3 is 2.86 bits per heavy atom. The largest absolute Gasteiger partial charge is 0.330 e. The van der Waals surface area contributed by atoms with Gasteiger partial charge in [0.15, 0.2) is 0 Å². The van der Waals surface area contributed by atoms with Gasteiger partial charge in [-0.15, -0.1) is 0 Å². The van der Waals surface area contributed by atoms with E-state index in [1.54, 1.807) is 17.3 Å². The van der Waals surface area contributed by atoms with Gasteiger partial charge < -0.3 is 16.0 Å². The van der Waals surface area contributed by atoms with Gasteiger partial charge in [0, 0.05) is 31.2 Å². The minimum Gasteiger partial charge on any atom is -0.330 e. The quantitative estimate of drug-likeness (QED) is 0.861. The number of amides is 2. The molecule has 0 aliphatic rings. The molecular formula is C17H22N4O. The van der Waals surface area contributed by atoms with Crippen molar-refractivity contribution >= 4 is 11.7 Å². The summed E-state index contributed by atoms with van der Waals surface area (Å²) in [5, 5.41) is 2.94. The molecule has 3 N–H and O–H groups in total. The third-order valence-electron chi connectivity index (χ3n) is 3.28. The molecule has 0 atom stereocenters. The summed E-state index contributed by atoms with van der Waals surface area (Å²) in [5.74, 6) is 0. The Kier molecular flexibility index (Phi) is 5.91. The van der Waals surface area contributed by atoms with Crippen molar-refractivity contribution in [1.29, 1.82) is 0 Å². The lowest BCUT2D eigenvalue weighted by Crippen LogP contribution is -2.36. The van der Waals surface area contributed by atoms with Crippen molar-refractivity contribution < 1.29 is 4.79 Å². The van der Waals surface area contributed by atoms with E-state index in [0.717, 1.165) is 23.2 Å². The molecule has 0 fully saturated rings. The van der Waals surface area contributed by atoms with Crippen molar-refractivity contribution in [2.24, 2.45) is 5.73 Å². The minimum atomic E-state index is -0.122. The lowest BCUT2D eigenvalue weighted by Gasteiger charge is -2.23. The first-order valence-corrected chi connectivity index (χ1v) is 7.40. The van der Waals surface area contributed by atoms with Crippen LogP contribution in [-0.2, 0) is 6.54 Å². The fourth-order valence-corrected chi connectivity index (χ4v) is 2.17. The first-order valence-electron chi connectivity index (χ1n) is 7.40. The predicted molar refractivity (Wildman–Crippen MR) is 88.5 cm³/mol. The Morgan fingerprint density at radius 2 is 2.18 bits per heavy atom. The number of benzene rings is 1. The molecule has 0 unspecified atom stereocenters. The van der Waals surface area contributed by atoms with Crippen molar-refractivity contribution in [3.05, 3.63) is 59.9 Å². The zero-order chi connectivity index (χ0) is 15.8. The second-order valence-electron chi connectivity index (χ2n) is 5.22. The molecule has 1 heterocycles. The van der Waals surface area contributed by atoms with E-state index in [0.29, 0.717) is 19.6 Å². The molecule has 116 valence electrons. The van der Waals surface area contributed by atoms with Gasteiger partial charge in [0.05, 0.1) is 0 Å². The molecular weight excluding hydrogens is 276 g/mol. The number of hydrogen-bond acceptors (Lipinski definition) is 3. The first-order chi connectivity index (χ1) is 10.7. The summed E-state index contributed by atoms with van der Waals surface area (Å²) < 4.78 is 0. The van der Waals surface area contributed by atoms with Gasteiger partial charge in [-0.05, 0) is 49.2 Å². The molecule has 2 amide bonds. The SMILES string of the molecule is Cc1cccc(NC(=O)N(CCCN)Cc2cccnc2)c1. The maximum Gasteiger partial charge on any atom is 0.322 e. The topological polar surface area (TPSA) is 71.2 Å². The summed E-state index contributed by atoms with van der Waals surface area (Å²) in [6.45, 7) is 3.69. The third-order valence-corrected chi connectivity index (χ3v) is 3.28. The number of hydrogen-bond donors (Lipinski definition) is 2. The molecule has 22 heavy (non-hydrogen) atoms. The number of carbonyl (C=O) groups excluding carboxylic acids is 1. The summed E-state index contributed by atoms with van der Waals surface area (Å²) in [4.78, 5) is 18.3. The Morgan fingerprint density at radius 1 is 1.32 bits per heavy atom. The number of nitrogens with two attached hydrogens (primary N) is 1. The number of aryl methyl sites for hydroxylation is 1. The van der Waals surface area contributed by atoms with Crippen LogP contribution in [0.3, 0.4) is 0 Å². The molecule has 1 aromatic carbocycles. The standard InChI is InChI=1S/C17H22N4O/c1-14-5-2-7-16(11-14)20-17(22)21(10-4-8-18)13-15-6-3-9-19-12-15/h2-3,5-7,9,11-12H,4,8,10,13,18H2,1H3,(H,20,22). The van der Waals surface area contributed by atoms with Crippen molar-refractivity contribution in [3.8, 4) is 0 Å². The van der Waals surface area contributed by atoms with E-state index < -0.39 is 0 Å². The lowest BCUT2D eigenvalue weighted by molar-refractivity contribution is 0.208. The average molecular weight is 298 g/mol. The molecule has 0 saturated heterocycles. The van der Waals surface area contributed by atoms with Gasteiger partial charge in [-0.1, -0.05) is 18.2 Å². The van der Waals surface area contributed by atoms with E-state index in [-0.39, 0.29) is 6.03 Å². The Balaban J connectivity index is 2.05. The zero-order valence-corrected chi connectivity index (χ0v) is 12.8. The van der Waals surface area contributed by atoms with Crippen molar-refractivity contribution in [1.82, 2.24) is 9.88 Å². The Bertz CT molecular complexity index is 601. The van der Waals surface area contributed by atoms with Gasteiger partial charge in [-0.3, -0.25) is 4.98 Å². The molecule has 1 aromatic heterocycles. The fourth-order valence-electron chi connectivity index (χ4n) is 2.17. The average Bonchev–Trinajstić information content (AvgIpc) is 2.52. The highest BCUT2D eigenvalue weighted by atomic mass is 16.2. The van der Waals surface area contributed by atoms with Gasteiger partial charge in [0.2, 0.25) is 0 Å². The van der Waals surface area contributed by atoms with Crippen LogP contribution in [0.5, 0.6) is 0 Å². The molecule has 5 nitrogen and oxygen atoms in total. The molecule has 0 aliphatic heterocycles. The summed E-state index contributed by atoms with van der Waals surface area (Å²) >= 11 is 0. The van der Waals surface area contributed by atoms with Crippen LogP contribution in [0.2, 0.25) is 0 Å². The van der Waals surface area contributed by atoms with Gasteiger partial charge >= 0.3 is 6.03 Å². The highest BCUT2D eigenvalue weighted by molar-refractivity contribution is 5.89. The van der Waals surface area contributed by atoms with Gasteiger partial charge in [0.1, 0.15) is 0 Å². The maximum atomic E-state index is 12.5. The number of urea groups is 1. The van der Waals surface area contributed by atoms with E-state index in [1.807, 2.05) is 43.3 Å². The second kappa shape index (κ2) is 8.14. The van der Waals surface area contributed by atoms with Crippen molar-refractivity contribution in [2.75, 3.05) is 18.4 Å². The Hall–Kier alpha value is -2.40. The Labute approximate surface area is 131 Å². The summed E-state index contributed by atoms with van der Waals surface area (Å²) in [6.07, 6.45) is 4.26. The molecule has 2 aromatic rings. The van der Waals surface area contributed by atoms with Gasteiger partial charge in [0.25, 0.3) is 0 Å². The van der Waals surface area contributed by atoms with E-state index in [1.165, 1.54) is 0 Å². The van der Waals surface area contributed by atoms with E-state index in [2.05, 4.69) is 10.3 Å². The maximum absolute atomic E-state index is 12.5. The van der Waals surface area contributed by atoms with Crippen LogP contribution in [0.25, 0.3) is 0 Å². The minimum absolute atomic E-state index is 0.122. The molecule has 0 aliphatic carbocycles. The smallest absolute Gasteiger partial charge is 0.322 e. The van der Waals surface area contributed by atoms with Crippen LogP contribution in [0.15, 0.2) is 48.8 Å². The zero-order valence-electron chi connectivity index (χ0n) is 12.8. The molecule has 0 bridgehead atoms. The summed E-state index contributed by atoms with van der Waals surface area (Å²) in [6, 6.07) is 11.5. The number of carbonyl (C=O) groups is 1. The monoisotopic (exact) mass is 298 g/mol. The number of rotatable bonds is 6. The van der Waals surface area contributed by atoms with Crippen molar-refractivity contribution in [3.63, 3.8) is 0 Å². The number of pyridine rings is 1. The first kappa shape index (κ1) is 16.0. The van der Waals surface area contributed by atoms with E-state index in [4.69, 9.17) is 5.73 Å². The highest BCUT2D eigenvalue weighted by Gasteiger charge is 2.14. The fraction of sp³-hybridized carbons (Fsp3) is 0.294. The number of anilines is 1. The third kappa shape index (κ3) is 4.86. The number of nitrogens with one attached hydrogen (secondary N) is 1. The number of aromatic nitrogens is 1. The molecule has 0 spiro atoms. The molecule has 5 heteroatoms. The van der Waals surface area contributed by atoms with E-state index >= 15 is 0 Å². The van der Waals surface area contributed by atoms with Crippen LogP contribution >= 0.6 is 0 Å². The van der Waals surface area contributed by atoms with Gasteiger partial charge in [-0.25, -0.2) is 4.79 Å². The van der Waals surface area contributed by atoms with Crippen LogP contribution in [0.1, 0.15) is 17.5 Å². The van der Waals surface area contributed by atoms with E-state index in [9.17, 15) is 4.79 Å². The summed E-state index contributed by atoms with van der Waals surface area (Å²) in [7, 11) is 0. The molecule has 0 saturated carbocycles. The predicted octanol–water partition coefficient (Wildman–Crippen LogP) is 2.77. The van der Waals surface area contributed by atoms with Crippen LogP contribution in [0, 0.1) is 6.92 Å². The van der Waals surface area contributed by atoms with Crippen LogP contribution < -0.4 is 11.1 Å². The normalized spacial score (nSPS) is 10.3. The lowest BCUT2D eigenvalue weighted by atomic mass is 10.2.